The van der Waals surface area contributed by atoms with Crippen LogP contribution in [0.15, 0.2) is 24.3 Å². The maximum atomic E-state index is 12.6. The van der Waals surface area contributed by atoms with Crippen molar-refractivity contribution in [3.05, 3.63) is 29.8 Å². The molecule has 1 rings (SSSR count). The van der Waals surface area contributed by atoms with Crippen molar-refractivity contribution in [2.75, 3.05) is 11.1 Å². The zero-order valence-corrected chi connectivity index (χ0v) is 9.99. The molecular formula is C11H12F3NOS. The van der Waals surface area contributed by atoms with E-state index in [1.165, 1.54) is 18.2 Å². The monoisotopic (exact) mass is 263 g/mol. The van der Waals surface area contributed by atoms with Crippen LogP contribution in [-0.2, 0) is 6.18 Å². The van der Waals surface area contributed by atoms with E-state index < -0.39 is 17.0 Å². The highest BCUT2D eigenvalue weighted by Gasteiger charge is 2.33. The summed E-state index contributed by atoms with van der Waals surface area (Å²) in [6.45, 7) is 1.89. The smallest absolute Gasteiger partial charge is 0.316 e. The van der Waals surface area contributed by atoms with Gasteiger partial charge in [0.2, 0.25) is 0 Å². The molecule has 0 fully saturated rings. The van der Waals surface area contributed by atoms with Crippen molar-refractivity contribution >= 4 is 22.7 Å². The Hall–Kier alpha value is -1.17. The van der Waals surface area contributed by atoms with Gasteiger partial charge in [-0.25, -0.2) is 0 Å². The normalized spacial score (nSPS) is 11.3. The van der Waals surface area contributed by atoms with E-state index in [9.17, 15) is 18.0 Å². The highest BCUT2D eigenvalue weighted by molar-refractivity contribution is 8.13. The van der Waals surface area contributed by atoms with Crippen molar-refractivity contribution in [3.63, 3.8) is 0 Å². The molecule has 0 heterocycles. The molecule has 17 heavy (non-hydrogen) atoms. The number of anilines is 1. The minimum atomic E-state index is -4.46. The topological polar surface area (TPSA) is 29.1 Å². The van der Waals surface area contributed by atoms with Crippen molar-refractivity contribution in [2.45, 2.75) is 19.5 Å². The minimum Gasteiger partial charge on any atom is -0.316 e. The molecule has 2 nitrogen and oxygen atoms in total. The number of para-hydroxylation sites is 1. The Morgan fingerprint density at radius 2 is 2.00 bits per heavy atom. The van der Waals surface area contributed by atoms with Crippen LogP contribution in [-0.4, -0.2) is 11.0 Å². The molecule has 0 radical (unpaired) electrons. The van der Waals surface area contributed by atoms with E-state index in [-0.39, 0.29) is 5.69 Å². The van der Waals surface area contributed by atoms with Crippen molar-refractivity contribution in [1.82, 2.24) is 0 Å². The van der Waals surface area contributed by atoms with Gasteiger partial charge < -0.3 is 5.32 Å². The van der Waals surface area contributed by atoms with Crippen LogP contribution in [0.4, 0.5) is 23.7 Å². The summed E-state index contributed by atoms with van der Waals surface area (Å²) in [4.78, 5) is 11.3. The van der Waals surface area contributed by atoms with Gasteiger partial charge in [-0.1, -0.05) is 30.8 Å². The van der Waals surface area contributed by atoms with Gasteiger partial charge >= 0.3 is 6.18 Å². The lowest BCUT2D eigenvalue weighted by Crippen LogP contribution is -2.13. The molecule has 0 aromatic heterocycles. The number of amides is 1. The predicted molar refractivity (Wildman–Crippen MR) is 63.2 cm³/mol. The van der Waals surface area contributed by atoms with Gasteiger partial charge in [-0.15, -0.1) is 0 Å². The number of halogens is 3. The Morgan fingerprint density at radius 3 is 2.59 bits per heavy atom. The summed E-state index contributed by atoms with van der Waals surface area (Å²) in [5.41, 5.74) is -1.03. The SMILES string of the molecule is CCCSC(=O)Nc1ccccc1C(F)(F)F. The summed E-state index contributed by atoms with van der Waals surface area (Å²) in [6.07, 6.45) is -3.67. The van der Waals surface area contributed by atoms with E-state index in [4.69, 9.17) is 0 Å². The molecule has 1 amide bonds. The summed E-state index contributed by atoms with van der Waals surface area (Å²) in [7, 11) is 0. The fraction of sp³-hybridized carbons (Fsp3) is 0.364. The van der Waals surface area contributed by atoms with Crippen LogP contribution < -0.4 is 5.32 Å². The fourth-order valence-corrected chi connectivity index (χ4v) is 1.75. The third-order valence-corrected chi connectivity index (χ3v) is 2.88. The van der Waals surface area contributed by atoms with E-state index in [1.807, 2.05) is 6.92 Å². The van der Waals surface area contributed by atoms with Crippen LogP contribution in [0.25, 0.3) is 0 Å². The first-order valence-electron chi connectivity index (χ1n) is 5.05. The first-order chi connectivity index (χ1) is 7.95. The van der Waals surface area contributed by atoms with Gasteiger partial charge in [-0.05, 0) is 18.6 Å². The molecule has 0 bridgehead atoms. The fourth-order valence-electron chi connectivity index (χ4n) is 1.18. The van der Waals surface area contributed by atoms with Crippen LogP contribution in [0.3, 0.4) is 0 Å². The number of benzene rings is 1. The van der Waals surface area contributed by atoms with Gasteiger partial charge in [0.25, 0.3) is 5.24 Å². The van der Waals surface area contributed by atoms with Crippen molar-refractivity contribution in [1.29, 1.82) is 0 Å². The molecule has 0 saturated heterocycles. The summed E-state index contributed by atoms with van der Waals surface area (Å²) in [5, 5.41) is 1.79. The molecule has 1 aromatic rings. The zero-order chi connectivity index (χ0) is 12.9. The number of hydrogen-bond donors (Lipinski definition) is 1. The lowest BCUT2D eigenvalue weighted by molar-refractivity contribution is -0.136. The standard InChI is InChI=1S/C11H12F3NOS/c1-2-7-17-10(16)15-9-6-4-3-5-8(9)11(12,13)14/h3-6H,2,7H2,1H3,(H,15,16). The van der Waals surface area contributed by atoms with Crippen LogP contribution in [0.5, 0.6) is 0 Å². The molecule has 0 aliphatic heterocycles. The highest BCUT2D eigenvalue weighted by atomic mass is 32.2. The molecule has 6 heteroatoms. The lowest BCUT2D eigenvalue weighted by atomic mass is 10.2. The second kappa shape index (κ2) is 5.95. The molecule has 1 aromatic carbocycles. The second-order valence-corrected chi connectivity index (χ2v) is 4.37. The van der Waals surface area contributed by atoms with Gasteiger partial charge in [0.05, 0.1) is 11.3 Å². The zero-order valence-electron chi connectivity index (χ0n) is 9.17. The molecule has 0 aliphatic rings. The molecule has 0 aliphatic carbocycles. The van der Waals surface area contributed by atoms with Crippen LogP contribution >= 0.6 is 11.8 Å². The Bertz CT molecular complexity index is 393. The second-order valence-electron chi connectivity index (χ2n) is 3.30. The Labute approximate surface area is 102 Å². The average Bonchev–Trinajstić information content (AvgIpc) is 2.25. The van der Waals surface area contributed by atoms with E-state index >= 15 is 0 Å². The number of carbonyl (C=O) groups excluding carboxylic acids is 1. The molecule has 0 unspecified atom stereocenters. The Kier molecular flexibility index (Phi) is 4.86. The highest BCUT2D eigenvalue weighted by Crippen LogP contribution is 2.34. The number of thioether (sulfide) groups is 1. The summed E-state index contributed by atoms with van der Waals surface area (Å²) >= 11 is 0.973. The van der Waals surface area contributed by atoms with Crippen molar-refractivity contribution in [2.24, 2.45) is 0 Å². The molecule has 0 spiro atoms. The number of rotatable bonds is 3. The summed E-state index contributed by atoms with van der Waals surface area (Å²) < 4.78 is 37.8. The largest absolute Gasteiger partial charge is 0.418 e. The van der Waals surface area contributed by atoms with Crippen molar-refractivity contribution in [3.8, 4) is 0 Å². The number of nitrogens with one attached hydrogen (secondary N) is 1. The summed E-state index contributed by atoms with van der Waals surface area (Å²) in [5.74, 6) is 0.583. The quantitative estimate of drug-likeness (QED) is 0.876. The lowest BCUT2D eigenvalue weighted by Gasteiger charge is -2.12. The minimum absolute atomic E-state index is 0.200. The van der Waals surface area contributed by atoms with Crippen LogP contribution in [0.2, 0.25) is 0 Å². The van der Waals surface area contributed by atoms with Gasteiger partial charge in [0, 0.05) is 5.75 Å². The van der Waals surface area contributed by atoms with Crippen LogP contribution in [0, 0.1) is 0 Å². The maximum absolute atomic E-state index is 12.6. The van der Waals surface area contributed by atoms with E-state index in [2.05, 4.69) is 5.32 Å². The van der Waals surface area contributed by atoms with Crippen molar-refractivity contribution < 1.29 is 18.0 Å². The van der Waals surface area contributed by atoms with Gasteiger partial charge in [-0.3, -0.25) is 4.79 Å². The van der Waals surface area contributed by atoms with E-state index in [0.29, 0.717) is 5.75 Å². The molecule has 0 atom stereocenters. The molecular weight excluding hydrogens is 251 g/mol. The molecule has 1 N–H and O–H groups in total. The number of alkyl halides is 3. The van der Waals surface area contributed by atoms with E-state index in [1.54, 1.807) is 0 Å². The van der Waals surface area contributed by atoms with E-state index in [0.717, 1.165) is 24.2 Å². The first kappa shape index (κ1) is 13.9. The maximum Gasteiger partial charge on any atom is 0.418 e. The molecule has 0 saturated carbocycles. The van der Waals surface area contributed by atoms with Gasteiger partial charge in [0.15, 0.2) is 0 Å². The number of carbonyl (C=O) groups is 1. The van der Waals surface area contributed by atoms with Crippen LogP contribution in [0.1, 0.15) is 18.9 Å². The average molecular weight is 263 g/mol. The third kappa shape index (κ3) is 4.30. The molecule has 94 valence electrons. The predicted octanol–water partition coefficient (Wildman–Crippen LogP) is 4.38. The summed E-state index contributed by atoms with van der Waals surface area (Å²) in [6, 6.07) is 4.93. The van der Waals surface area contributed by atoms with Gasteiger partial charge in [0.1, 0.15) is 0 Å². The number of hydrogen-bond acceptors (Lipinski definition) is 2. The Balaban J connectivity index is 2.81. The third-order valence-electron chi connectivity index (χ3n) is 1.91. The Morgan fingerprint density at radius 1 is 1.35 bits per heavy atom. The van der Waals surface area contributed by atoms with Gasteiger partial charge in [-0.2, -0.15) is 13.2 Å². The first-order valence-corrected chi connectivity index (χ1v) is 6.03.